The molecule has 0 spiro atoms. The first kappa shape index (κ1) is 10.6. The first-order chi connectivity index (χ1) is 7.79. The smallest absolute Gasteiger partial charge is 0.349 e. The van der Waals surface area contributed by atoms with Crippen molar-refractivity contribution in [1.82, 2.24) is 10.1 Å². The molecular weight excluding hydrogens is 230 g/mol. The van der Waals surface area contributed by atoms with E-state index in [9.17, 15) is 4.79 Å². The second-order valence-electron chi connectivity index (χ2n) is 2.87. The molecule has 6 nitrogen and oxygen atoms in total. The molecule has 0 fully saturated rings. The van der Waals surface area contributed by atoms with Gasteiger partial charge in [-0.2, -0.15) is 0 Å². The Balaban J connectivity index is 1.95. The van der Waals surface area contributed by atoms with Gasteiger partial charge in [0.05, 0.1) is 19.9 Å². The highest BCUT2D eigenvalue weighted by atomic mass is 32.1. The van der Waals surface area contributed by atoms with E-state index < -0.39 is 0 Å². The second kappa shape index (κ2) is 4.75. The van der Waals surface area contributed by atoms with Gasteiger partial charge in [0.2, 0.25) is 0 Å². The van der Waals surface area contributed by atoms with Gasteiger partial charge in [-0.25, -0.2) is 9.78 Å². The summed E-state index contributed by atoms with van der Waals surface area (Å²) in [7, 11) is 1.34. The van der Waals surface area contributed by atoms with Crippen LogP contribution in [0.2, 0.25) is 0 Å². The molecule has 7 heteroatoms. The fourth-order valence-electron chi connectivity index (χ4n) is 1.05. The summed E-state index contributed by atoms with van der Waals surface area (Å²) < 4.78 is 9.26. The SMILES string of the molecule is COC(=O)c1cnc(NCc2ccon2)s1. The predicted octanol–water partition coefficient (Wildman–Crippen LogP) is 1.53. The molecule has 2 aromatic heterocycles. The maximum atomic E-state index is 11.2. The van der Waals surface area contributed by atoms with Crippen molar-refractivity contribution in [3.63, 3.8) is 0 Å². The number of esters is 1. The number of nitrogens with zero attached hydrogens (tertiary/aromatic N) is 2. The van der Waals surface area contributed by atoms with Crippen LogP contribution < -0.4 is 5.32 Å². The van der Waals surface area contributed by atoms with Gasteiger partial charge in [-0.05, 0) is 0 Å². The van der Waals surface area contributed by atoms with Crippen molar-refractivity contribution in [3.05, 3.63) is 29.1 Å². The van der Waals surface area contributed by atoms with Crippen LogP contribution in [0.25, 0.3) is 0 Å². The highest BCUT2D eigenvalue weighted by molar-refractivity contribution is 7.17. The lowest BCUT2D eigenvalue weighted by Crippen LogP contribution is -1.98. The van der Waals surface area contributed by atoms with Gasteiger partial charge in [-0.3, -0.25) is 0 Å². The van der Waals surface area contributed by atoms with Gasteiger partial charge in [0, 0.05) is 6.07 Å². The van der Waals surface area contributed by atoms with Crippen molar-refractivity contribution in [1.29, 1.82) is 0 Å². The number of hydrogen-bond donors (Lipinski definition) is 1. The zero-order chi connectivity index (χ0) is 11.4. The molecule has 0 aliphatic rings. The van der Waals surface area contributed by atoms with Crippen LogP contribution >= 0.6 is 11.3 Å². The molecule has 16 heavy (non-hydrogen) atoms. The number of carbonyl (C=O) groups is 1. The minimum atomic E-state index is -0.382. The van der Waals surface area contributed by atoms with Gasteiger partial charge in [-0.15, -0.1) is 0 Å². The average molecular weight is 239 g/mol. The number of carbonyl (C=O) groups excluding carboxylic acids is 1. The van der Waals surface area contributed by atoms with E-state index in [0.29, 0.717) is 16.6 Å². The molecule has 0 aromatic carbocycles. The Morgan fingerprint density at radius 3 is 3.25 bits per heavy atom. The standard InChI is InChI=1S/C9H9N3O3S/c1-14-8(13)7-5-11-9(16-7)10-4-6-2-3-15-12-6/h2-3,5H,4H2,1H3,(H,10,11). The fourth-order valence-corrected chi connectivity index (χ4v) is 1.78. The summed E-state index contributed by atoms with van der Waals surface area (Å²) in [6.07, 6.45) is 2.97. The molecule has 2 rings (SSSR count). The van der Waals surface area contributed by atoms with Crippen molar-refractivity contribution < 1.29 is 14.1 Å². The monoisotopic (exact) mass is 239 g/mol. The molecule has 0 aliphatic carbocycles. The molecule has 1 N–H and O–H groups in total. The topological polar surface area (TPSA) is 77.2 Å². The van der Waals surface area contributed by atoms with Crippen LogP contribution in [-0.4, -0.2) is 23.2 Å². The van der Waals surface area contributed by atoms with Gasteiger partial charge in [0.25, 0.3) is 0 Å². The Morgan fingerprint density at radius 1 is 1.69 bits per heavy atom. The number of anilines is 1. The quantitative estimate of drug-likeness (QED) is 0.815. The summed E-state index contributed by atoms with van der Waals surface area (Å²) in [5.41, 5.74) is 0.773. The number of aromatic nitrogens is 2. The summed E-state index contributed by atoms with van der Waals surface area (Å²) in [5, 5.41) is 7.40. The number of ether oxygens (including phenoxy) is 1. The van der Waals surface area contributed by atoms with Crippen LogP contribution in [0.15, 0.2) is 23.0 Å². The molecule has 84 valence electrons. The Bertz CT molecular complexity index is 466. The summed E-state index contributed by atoms with van der Waals surface area (Å²) in [6.45, 7) is 0.505. The third-order valence-electron chi connectivity index (χ3n) is 1.80. The molecular formula is C9H9N3O3S. The van der Waals surface area contributed by atoms with Crippen molar-refractivity contribution in [2.24, 2.45) is 0 Å². The van der Waals surface area contributed by atoms with E-state index in [4.69, 9.17) is 0 Å². The second-order valence-corrected chi connectivity index (χ2v) is 3.90. The van der Waals surface area contributed by atoms with Crippen LogP contribution in [0.5, 0.6) is 0 Å². The lowest BCUT2D eigenvalue weighted by molar-refractivity contribution is 0.0606. The van der Waals surface area contributed by atoms with Crippen LogP contribution in [0.3, 0.4) is 0 Å². The largest absolute Gasteiger partial charge is 0.465 e. The Morgan fingerprint density at radius 2 is 2.56 bits per heavy atom. The Kier molecular flexibility index (Phi) is 3.16. The Hall–Kier alpha value is -1.89. The van der Waals surface area contributed by atoms with Gasteiger partial charge < -0.3 is 14.6 Å². The first-order valence-electron chi connectivity index (χ1n) is 4.47. The molecule has 0 atom stereocenters. The van der Waals surface area contributed by atoms with Gasteiger partial charge in [0.15, 0.2) is 5.13 Å². The average Bonchev–Trinajstić information content (AvgIpc) is 2.96. The van der Waals surface area contributed by atoms with E-state index in [1.165, 1.54) is 30.9 Å². The Labute approximate surface area is 95.2 Å². The highest BCUT2D eigenvalue weighted by Gasteiger charge is 2.10. The number of nitrogens with one attached hydrogen (secondary N) is 1. The number of methoxy groups -OCH3 is 1. The summed E-state index contributed by atoms with van der Waals surface area (Å²) in [4.78, 5) is 15.6. The molecule has 0 bridgehead atoms. The zero-order valence-electron chi connectivity index (χ0n) is 8.47. The third-order valence-corrected chi connectivity index (χ3v) is 2.74. The zero-order valence-corrected chi connectivity index (χ0v) is 9.28. The first-order valence-corrected chi connectivity index (χ1v) is 5.28. The highest BCUT2D eigenvalue weighted by Crippen LogP contribution is 2.19. The number of rotatable bonds is 4. The fraction of sp³-hybridized carbons (Fsp3) is 0.222. The lowest BCUT2D eigenvalue weighted by Gasteiger charge is -1.96. The van der Waals surface area contributed by atoms with E-state index in [2.05, 4.69) is 24.7 Å². The molecule has 2 aromatic rings. The summed E-state index contributed by atoms with van der Waals surface area (Å²) in [5.74, 6) is -0.382. The molecule has 0 saturated heterocycles. The minimum Gasteiger partial charge on any atom is -0.465 e. The number of thiazole rings is 1. The predicted molar refractivity (Wildman–Crippen MR) is 57.3 cm³/mol. The maximum Gasteiger partial charge on any atom is 0.349 e. The van der Waals surface area contributed by atoms with Crippen molar-refractivity contribution in [3.8, 4) is 0 Å². The summed E-state index contributed by atoms with van der Waals surface area (Å²) in [6, 6.07) is 1.75. The number of hydrogen-bond acceptors (Lipinski definition) is 7. The van der Waals surface area contributed by atoms with Gasteiger partial charge >= 0.3 is 5.97 Å². The summed E-state index contributed by atoms with van der Waals surface area (Å²) >= 11 is 1.23. The van der Waals surface area contributed by atoms with Crippen molar-refractivity contribution in [2.45, 2.75) is 6.54 Å². The van der Waals surface area contributed by atoms with Crippen LogP contribution in [0.1, 0.15) is 15.4 Å². The van der Waals surface area contributed by atoms with Gasteiger partial charge in [-0.1, -0.05) is 16.5 Å². The van der Waals surface area contributed by atoms with E-state index in [1.807, 2.05) is 0 Å². The molecule has 0 radical (unpaired) electrons. The van der Waals surface area contributed by atoms with Crippen LogP contribution in [-0.2, 0) is 11.3 Å². The molecule has 2 heterocycles. The minimum absolute atomic E-state index is 0.382. The van der Waals surface area contributed by atoms with Gasteiger partial charge in [0.1, 0.15) is 16.8 Å². The van der Waals surface area contributed by atoms with Crippen LogP contribution in [0.4, 0.5) is 5.13 Å². The third kappa shape index (κ3) is 2.37. The van der Waals surface area contributed by atoms with E-state index in [1.54, 1.807) is 6.07 Å². The van der Waals surface area contributed by atoms with E-state index in [0.717, 1.165) is 5.69 Å². The van der Waals surface area contributed by atoms with E-state index in [-0.39, 0.29) is 5.97 Å². The molecule has 0 unspecified atom stereocenters. The maximum absolute atomic E-state index is 11.2. The molecule has 0 saturated carbocycles. The van der Waals surface area contributed by atoms with Crippen LogP contribution in [0, 0.1) is 0 Å². The van der Waals surface area contributed by atoms with Crippen molar-refractivity contribution >= 4 is 22.4 Å². The lowest BCUT2D eigenvalue weighted by atomic mass is 10.4. The molecule has 0 amide bonds. The van der Waals surface area contributed by atoms with E-state index >= 15 is 0 Å². The van der Waals surface area contributed by atoms with Crippen molar-refractivity contribution in [2.75, 3.05) is 12.4 Å². The normalized spacial score (nSPS) is 10.1. The molecule has 0 aliphatic heterocycles.